The van der Waals surface area contributed by atoms with Gasteiger partial charge in [-0.1, -0.05) is 0 Å². The van der Waals surface area contributed by atoms with Gasteiger partial charge < -0.3 is 9.64 Å². The van der Waals surface area contributed by atoms with E-state index in [-0.39, 0.29) is 11.9 Å². The van der Waals surface area contributed by atoms with E-state index in [0.29, 0.717) is 0 Å². The number of hydrogen-bond donors (Lipinski definition) is 0. The van der Waals surface area contributed by atoms with Crippen molar-refractivity contribution in [2.75, 3.05) is 38.7 Å². The van der Waals surface area contributed by atoms with Gasteiger partial charge in [0.2, 0.25) is 0 Å². The van der Waals surface area contributed by atoms with Crippen LogP contribution < -0.4 is 4.90 Å². The van der Waals surface area contributed by atoms with Gasteiger partial charge in [0, 0.05) is 39.9 Å². The fraction of sp³-hybridized carbons (Fsp3) is 0.474. The number of nitrogens with zero attached hydrogens (tertiary/aromatic N) is 4. The zero-order chi connectivity index (χ0) is 17.6. The van der Waals surface area contributed by atoms with Crippen LogP contribution in [0.4, 0.5) is 10.2 Å². The molecule has 134 valence electrons. The second kappa shape index (κ2) is 8.36. The summed E-state index contributed by atoms with van der Waals surface area (Å²) in [6.07, 6.45) is 5.30. The van der Waals surface area contributed by atoms with Gasteiger partial charge in [-0.05, 0) is 42.7 Å². The number of ether oxygens (including phenoxy) is 1. The van der Waals surface area contributed by atoms with Crippen molar-refractivity contribution in [3.8, 4) is 0 Å². The van der Waals surface area contributed by atoms with E-state index < -0.39 is 0 Å². The molecule has 0 saturated carbocycles. The van der Waals surface area contributed by atoms with E-state index in [0.717, 1.165) is 50.6 Å². The van der Waals surface area contributed by atoms with Crippen LogP contribution in [0.1, 0.15) is 17.7 Å². The normalized spacial score (nSPS) is 18.3. The third-order valence-corrected chi connectivity index (χ3v) is 4.42. The van der Waals surface area contributed by atoms with Crippen molar-refractivity contribution in [3.05, 3.63) is 53.7 Å². The Morgan fingerprint density at radius 2 is 2.16 bits per heavy atom. The number of rotatable bonds is 6. The van der Waals surface area contributed by atoms with E-state index >= 15 is 0 Å². The lowest BCUT2D eigenvalue weighted by Gasteiger charge is -2.32. The summed E-state index contributed by atoms with van der Waals surface area (Å²) in [4.78, 5) is 12.8. The molecule has 0 amide bonds. The number of aromatic nitrogens is 2. The Hall–Kier alpha value is -2.05. The van der Waals surface area contributed by atoms with Gasteiger partial charge in [0.05, 0.1) is 24.6 Å². The molecule has 6 heteroatoms. The molecule has 0 aliphatic carbocycles. The van der Waals surface area contributed by atoms with E-state index in [1.807, 2.05) is 25.2 Å². The average molecular weight is 344 g/mol. The highest BCUT2D eigenvalue weighted by atomic mass is 19.1. The predicted molar refractivity (Wildman–Crippen MR) is 96.1 cm³/mol. The summed E-state index contributed by atoms with van der Waals surface area (Å²) < 4.78 is 18.9. The molecule has 25 heavy (non-hydrogen) atoms. The van der Waals surface area contributed by atoms with Crippen LogP contribution >= 0.6 is 0 Å². The zero-order valence-corrected chi connectivity index (χ0v) is 14.9. The summed E-state index contributed by atoms with van der Waals surface area (Å²) in [5.41, 5.74) is 2.17. The Kier molecular flexibility index (Phi) is 5.94. The number of morpholine rings is 1. The Labute approximate surface area is 148 Å². The van der Waals surface area contributed by atoms with Crippen LogP contribution in [0.5, 0.6) is 0 Å². The van der Waals surface area contributed by atoms with Crippen LogP contribution in [0.15, 0.2) is 36.7 Å². The monoisotopic (exact) mass is 344 g/mol. The Balaban J connectivity index is 1.51. The maximum atomic E-state index is 13.0. The lowest BCUT2D eigenvalue weighted by atomic mass is 10.1. The van der Waals surface area contributed by atoms with Crippen LogP contribution in [-0.2, 0) is 17.7 Å². The van der Waals surface area contributed by atoms with Crippen LogP contribution in [0, 0.1) is 5.82 Å². The molecule has 5 nitrogen and oxygen atoms in total. The third-order valence-electron chi connectivity index (χ3n) is 4.42. The van der Waals surface area contributed by atoms with E-state index in [1.165, 1.54) is 17.8 Å². The molecular weight excluding hydrogens is 319 g/mol. The van der Waals surface area contributed by atoms with Crippen molar-refractivity contribution < 1.29 is 9.13 Å². The largest absolute Gasteiger partial charge is 0.376 e. The van der Waals surface area contributed by atoms with Gasteiger partial charge >= 0.3 is 0 Å². The molecule has 1 saturated heterocycles. The number of pyridine rings is 2. The van der Waals surface area contributed by atoms with Gasteiger partial charge in [0.1, 0.15) is 11.6 Å². The molecule has 1 aliphatic heterocycles. The Morgan fingerprint density at radius 3 is 2.92 bits per heavy atom. The molecule has 3 heterocycles. The molecule has 2 aromatic heterocycles. The highest BCUT2D eigenvalue weighted by Crippen LogP contribution is 2.16. The minimum atomic E-state index is -0.293. The lowest BCUT2D eigenvalue weighted by molar-refractivity contribution is -0.0349. The van der Waals surface area contributed by atoms with Crippen molar-refractivity contribution in [1.82, 2.24) is 14.9 Å². The molecule has 0 N–H and O–H groups in total. The molecule has 1 fully saturated rings. The first kappa shape index (κ1) is 17.8. The van der Waals surface area contributed by atoms with Crippen LogP contribution in [0.25, 0.3) is 0 Å². The summed E-state index contributed by atoms with van der Waals surface area (Å²) in [6.45, 7) is 3.23. The molecule has 3 rings (SSSR count). The van der Waals surface area contributed by atoms with Gasteiger partial charge in [-0.15, -0.1) is 0 Å². The number of halogens is 1. The van der Waals surface area contributed by atoms with E-state index in [1.54, 1.807) is 6.07 Å². The van der Waals surface area contributed by atoms with Crippen molar-refractivity contribution in [2.24, 2.45) is 0 Å². The first-order valence-corrected chi connectivity index (χ1v) is 8.67. The second-order valence-electron chi connectivity index (χ2n) is 6.65. The van der Waals surface area contributed by atoms with Crippen LogP contribution in [0.3, 0.4) is 0 Å². The predicted octanol–water partition coefficient (Wildman–Crippen LogP) is 2.52. The van der Waals surface area contributed by atoms with Gasteiger partial charge in [0.15, 0.2) is 0 Å². The molecule has 1 aliphatic rings. The zero-order valence-electron chi connectivity index (χ0n) is 14.9. The molecule has 0 radical (unpaired) electrons. The molecule has 0 aromatic carbocycles. The molecule has 0 spiro atoms. The van der Waals surface area contributed by atoms with Gasteiger partial charge in [-0.2, -0.15) is 0 Å². The smallest absolute Gasteiger partial charge is 0.141 e. The van der Waals surface area contributed by atoms with Crippen LogP contribution in [-0.4, -0.2) is 54.8 Å². The van der Waals surface area contributed by atoms with Gasteiger partial charge in [-0.3, -0.25) is 9.88 Å². The van der Waals surface area contributed by atoms with Crippen molar-refractivity contribution in [3.63, 3.8) is 0 Å². The maximum Gasteiger partial charge on any atom is 0.141 e. The van der Waals surface area contributed by atoms with Gasteiger partial charge in [0.25, 0.3) is 0 Å². The first-order valence-electron chi connectivity index (χ1n) is 8.67. The van der Waals surface area contributed by atoms with Gasteiger partial charge in [-0.25, -0.2) is 9.37 Å². The first-order chi connectivity index (χ1) is 12.1. The van der Waals surface area contributed by atoms with Crippen molar-refractivity contribution in [1.29, 1.82) is 0 Å². The Morgan fingerprint density at radius 1 is 1.28 bits per heavy atom. The molecule has 1 atom stereocenters. The van der Waals surface area contributed by atoms with Crippen molar-refractivity contribution >= 4 is 5.82 Å². The highest BCUT2D eigenvalue weighted by Gasteiger charge is 2.20. The maximum absolute atomic E-state index is 13.0. The summed E-state index contributed by atoms with van der Waals surface area (Å²) in [7, 11) is 4.00. The van der Waals surface area contributed by atoms with E-state index in [4.69, 9.17) is 4.74 Å². The highest BCUT2D eigenvalue weighted by molar-refractivity contribution is 5.39. The Bertz CT molecular complexity index is 677. The standard InChI is InChI=1S/C19H25FN4O/c1-23(2)19-11-15(7-8-21-19)3-6-18-14-24(9-10-25-18)13-17-5-4-16(20)12-22-17/h4-5,7-8,11-12,18H,3,6,9-10,13-14H2,1-2H3/t18-/m0/s1. The third kappa shape index (κ3) is 5.21. The summed E-state index contributed by atoms with van der Waals surface area (Å²) >= 11 is 0. The number of anilines is 1. The van der Waals surface area contributed by atoms with E-state index in [2.05, 4.69) is 27.0 Å². The SMILES string of the molecule is CN(C)c1cc(CC[C@H]2CN(Cc3ccc(F)cn3)CCO2)ccn1. The quantitative estimate of drug-likeness (QED) is 0.805. The lowest BCUT2D eigenvalue weighted by Crippen LogP contribution is -2.42. The average Bonchev–Trinajstić information content (AvgIpc) is 2.62. The number of hydrogen-bond acceptors (Lipinski definition) is 5. The summed E-state index contributed by atoms with van der Waals surface area (Å²) in [5, 5.41) is 0. The summed E-state index contributed by atoms with van der Waals surface area (Å²) in [5.74, 6) is 0.684. The topological polar surface area (TPSA) is 41.5 Å². The second-order valence-corrected chi connectivity index (χ2v) is 6.65. The minimum absolute atomic E-state index is 0.213. The van der Waals surface area contributed by atoms with Crippen molar-refractivity contribution in [2.45, 2.75) is 25.5 Å². The van der Waals surface area contributed by atoms with E-state index in [9.17, 15) is 4.39 Å². The molecule has 0 bridgehead atoms. The molecular formula is C19H25FN4O. The number of aryl methyl sites for hydroxylation is 1. The fourth-order valence-corrected chi connectivity index (χ4v) is 3.02. The van der Waals surface area contributed by atoms with Crippen LogP contribution in [0.2, 0.25) is 0 Å². The molecule has 0 unspecified atom stereocenters. The molecule has 2 aromatic rings. The summed E-state index contributed by atoms with van der Waals surface area (Å²) in [6, 6.07) is 7.41. The fourth-order valence-electron chi connectivity index (χ4n) is 3.02. The minimum Gasteiger partial charge on any atom is -0.376 e.